The molecule has 0 radical (unpaired) electrons. The van der Waals surface area contributed by atoms with Gasteiger partial charge in [-0.05, 0) is 30.3 Å². The highest BCUT2D eigenvalue weighted by atomic mass is 32.1. The molecule has 0 bridgehead atoms. The summed E-state index contributed by atoms with van der Waals surface area (Å²) in [7, 11) is 0. The number of allylic oxidation sites excluding steroid dienone is 1. The van der Waals surface area contributed by atoms with E-state index < -0.39 is 4.92 Å². The number of non-ortho nitro benzene ring substituents is 1. The SMILES string of the molecule is O=c1[nH]c(Nc2ccc(F)cc2)c(C=C2C=NN=C2c2cccc([N+](=O)[O-])c2)s1. The van der Waals surface area contributed by atoms with Crippen LogP contribution in [-0.2, 0) is 0 Å². The summed E-state index contributed by atoms with van der Waals surface area (Å²) in [6.07, 6.45) is 3.22. The van der Waals surface area contributed by atoms with Gasteiger partial charge in [-0.3, -0.25) is 19.9 Å². The molecule has 0 unspecified atom stereocenters. The summed E-state index contributed by atoms with van der Waals surface area (Å²) in [6.45, 7) is 0. The zero-order valence-electron chi connectivity index (χ0n) is 14.6. The Morgan fingerprint density at radius 2 is 2.00 bits per heavy atom. The molecule has 2 aromatic carbocycles. The third-order valence-electron chi connectivity index (χ3n) is 4.03. The monoisotopic (exact) mass is 409 g/mol. The zero-order chi connectivity index (χ0) is 20.4. The van der Waals surface area contributed by atoms with Gasteiger partial charge in [-0.15, -0.1) is 5.10 Å². The Labute approximate surface area is 166 Å². The molecule has 0 saturated carbocycles. The molecule has 0 amide bonds. The van der Waals surface area contributed by atoms with Gasteiger partial charge in [-0.2, -0.15) is 5.10 Å². The number of nitro benzene ring substituents is 1. The number of halogens is 1. The van der Waals surface area contributed by atoms with Crippen molar-refractivity contribution in [3.05, 3.63) is 90.1 Å². The summed E-state index contributed by atoms with van der Waals surface area (Å²) < 4.78 is 13.1. The highest BCUT2D eigenvalue weighted by molar-refractivity contribution is 7.10. The maximum absolute atomic E-state index is 13.1. The molecule has 1 aliphatic heterocycles. The predicted molar refractivity (Wildman–Crippen MR) is 111 cm³/mol. The lowest BCUT2D eigenvalue weighted by molar-refractivity contribution is -0.384. The molecule has 0 spiro atoms. The number of thiazole rings is 1. The molecular weight excluding hydrogens is 397 g/mol. The minimum absolute atomic E-state index is 0.0542. The van der Waals surface area contributed by atoms with Crippen LogP contribution in [0, 0.1) is 15.9 Å². The Morgan fingerprint density at radius 1 is 1.21 bits per heavy atom. The van der Waals surface area contributed by atoms with Crippen LogP contribution < -0.4 is 10.2 Å². The largest absolute Gasteiger partial charge is 0.341 e. The maximum atomic E-state index is 13.1. The predicted octanol–water partition coefficient (Wildman–Crippen LogP) is 4.10. The number of aromatic nitrogens is 1. The molecule has 0 saturated heterocycles. The standard InChI is InChI=1S/C19H12FN5O3S/c20-13-4-6-14(7-5-13)22-18-16(29-19(26)23-18)9-12-10-21-24-17(12)11-2-1-3-15(8-11)25(27)28/h1-10,22H,(H,23,26). The number of hydrogen-bond donors (Lipinski definition) is 2. The summed E-state index contributed by atoms with van der Waals surface area (Å²) in [5.74, 6) is 0.0782. The third kappa shape index (κ3) is 4.01. The molecule has 29 heavy (non-hydrogen) atoms. The summed E-state index contributed by atoms with van der Waals surface area (Å²) in [6, 6.07) is 11.8. The number of H-pyrrole nitrogens is 1. The van der Waals surface area contributed by atoms with Crippen LogP contribution in [0.5, 0.6) is 0 Å². The molecule has 0 fully saturated rings. The van der Waals surface area contributed by atoms with Crippen molar-refractivity contribution >= 4 is 46.5 Å². The fraction of sp³-hybridized carbons (Fsp3) is 0. The van der Waals surface area contributed by atoms with E-state index in [1.165, 1.54) is 30.5 Å². The molecule has 1 aliphatic rings. The third-order valence-corrected chi connectivity index (χ3v) is 4.86. The van der Waals surface area contributed by atoms with Crippen LogP contribution in [0.15, 0.2) is 69.1 Å². The second kappa shape index (κ2) is 7.60. The summed E-state index contributed by atoms with van der Waals surface area (Å²) >= 11 is 0.980. The highest BCUT2D eigenvalue weighted by Crippen LogP contribution is 2.26. The van der Waals surface area contributed by atoms with Crippen LogP contribution >= 0.6 is 11.3 Å². The number of nitrogens with one attached hydrogen (secondary N) is 2. The summed E-state index contributed by atoms with van der Waals surface area (Å²) in [4.78, 5) is 25.5. The second-order valence-corrected chi connectivity index (χ2v) is 7.00. The fourth-order valence-electron chi connectivity index (χ4n) is 2.72. The molecule has 1 aromatic heterocycles. The van der Waals surface area contributed by atoms with E-state index in [1.54, 1.807) is 30.3 Å². The molecule has 8 nitrogen and oxygen atoms in total. The van der Waals surface area contributed by atoms with Crippen molar-refractivity contribution in [3.63, 3.8) is 0 Å². The van der Waals surface area contributed by atoms with Gasteiger partial charge in [0.15, 0.2) is 0 Å². The first kappa shape index (κ1) is 18.4. The maximum Gasteiger partial charge on any atom is 0.306 e. The van der Waals surface area contributed by atoms with Gasteiger partial charge in [0.25, 0.3) is 5.69 Å². The van der Waals surface area contributed by atoms with Crippen molar-refractivity contribution in [2.75, 3.05) is 5.32 Å². The number of hydrogen-bond acceptors (Lipinski definition) is 7. The van der Waals surface area contributed by atoms with Crippen LogP contribution in [0.4, 0.5) is 21.6 Å². The number of benzene rings is 2. The van der Waals surface area contributed by atoms with E-state index in [4.69, 9.17) is 0 Å². The lowest BCUT2D eigenvalue weighted by Crippen LogP contribution is -2.03. The van der Waals surface area contributed by atoms with Gasteiger partial charge in [0.05, 0.1) is 16.0 Å². The zero-order valence-corrected chi connectivity index (χ0v) is 15.4. The first-order chi connectivity index (χ1) is 14.0. The van der Waals surface area contributed by atoms with Gasteiger partial charge in [0, 0.05) is 29.0 Å². The Morgan fingerprint density at radius 3 is 2.76 bits per heavy atom. The number of aromatic amines is 1. The van der Waals surface area contributed by atoms with Crippen molar-refractivity contribution in [3.8, 4) is 0 Å². The molecule has 144 valence electrons. The fourth-order valence-corrected chi connectivity index (χ4v) is 3.46. The minimum Gasteiger partial charge on any atom is -0.341 e. The normalized spacial score (nSPS) is 14.2. The van der Waals surface area contributed by atoms with E-state index in [0.29, 0.717) is 33.2 Å². The van der Waals surface area contributed by atoms with Gasteiger partial charge in [0.2, 0.25) is 0 Å². The lowest BCUT2D eigenvalue weighted by atomic mass is 10.0. The van der Waals surface area contributed by atoms with E-state index >= 15 is 0 Å². The number of anilines is 2. The van der Waals surface area contributed by atoms with E-state index in [-0.39, 0.29) is 16.4 Å². The lowest BCUT2D eigenvalue weighted by Gasteiger charge is -2.06. The minimum atomic E-state index is -0.480. The average Bonchev–Trinajstić information content (AvgIpc) is 3.30. The van der Waals surface area contributed by atoms with Crippen LogP contribution in [-0.4, -0.2) is 21.8 Å². The Balaban J connectivity index is 1.67. The second-order valence-electron chi connectivity index (χ2n) is 5.99. The van der Waals surface area contributed by atoms with Crippen molar-refractivity contribution < 1.29 is 9.31 Å². The van der Waals surface area contributed by atoms with Gasteiger partial charge in [-0.25, -0.2) is 4.39 Å². The van der Waals surface area contributed by atoms with Gasteiger partial charge in [0.1, 0.15) is 17.3 Å². The van der Waals surface area contributed by atoms with E-state index in [2.05, 4.69) is 20.5 Å². The van der Waals surface area contributed by atoms with E-state index in [0.717, 1.165) is 11.3 Å². The average molecular weight is 409 g/mol. The van der Waals surface area contributed by atoms with E-state index in [9.17, 15) is 19.3 Å². The van der Waals surface area contributed by atoms with Gasteiger partial charge < -0.3 is 5.32 Å². The quantitative estimate of drug-likeness (QED) is 0.488. The van der Waals surface area contributed by atoms with Gasteiger partial charge >= 0.3 is 4.87 Å². The van der Waals surface area contributed by atoms with Crippen LogP contribution in [0.25, 0.3) is 6.08 Å². The first-order valence-electron chi connectivity index (χ1n) is 8.33. The summed E-state index contributed by atoms with van der Waals surface area (Å²) in [5.41, 5.74) is 2.15. The van der Waals surface area contributed by atoms with Crippen molar-refractivity contribution in [2.24, 2.45) is 10.2 Å². The van der Waals surface area contributed by atoms with Crippen molar-refractivity contribution in [1.82, 2.24) is 4.98 Å². The smallest absolute Gasteiger partial charge is 0.306 e. The van der Waals surface area contributed by atoms with Gasteiger partial charge in [-0.1, -0.05) is 23.5 Å². The molecule has 0 aliphatic carbocycles. The van der Waals surface area contributed by atoms with Crippen LogP contribution in [0.1, 0.15) is 10.4 Å². The highest BCUT2D eigenvalue weighted by Gasteiger charge is 2.18. The molecule has 10 heteroatoms. The molecule has 2 N–H and O–H groups in total. The van der Waals surface area contributed by atoms with Crippen LogP contribution in [0.2, 0.25) is 0 Å². The number of nitro groups is 1. The van der Waals surface area contributed by atoms with Crippen molar-refractivity contribution in [1.29, 1.82) is 0 Å². The summed E-state index contributed by atoms with van der Waals surface area (Å²) in [5, 5.41) is 22.0. The molecular formula is C19H12FN5O3S. The van der Waals surface area contributed by atoms with Crippen LogP contribution in [0.3, 0.4) is 0 Å². The topological polar surface area (TPSA) is 113 Å². The molecule has 3 aromatic rings. The Bertz CT molecular complexity index is 1240. The number of nitrogens with zero attached hydrogens (tertiary/aromatic N) is 3. The number of rotatable bonds is 5. The molecule has 2 heterocycles. The Hall–Kier alpha value is -3.92. The first-order valence-corrected chi connectivity index (χ1v) is 9.15. The molecule has 4 rings (SSSR count). The van der Waals surface area contributed by atoms with Crippen molar-refractivity contribution in [2.45, 2.75) is 0 Å². The Kier molecular flexibility index (Phi) is 4.83. The molecule has 0 atom stereocenters. The van der Waals surface area contributed by atoms with E-state index in [1.807, 2.05) is 0 Å².